The van der Waals surface area contributed by atoms with Crippen molar-refractivity contribution >= 4 is 23.7 Å². The average molecular weight is 603 g/mol. The molecule has 1 aromatic carbocycles. The van der Waals surface area contributed by atoms with Gasteiger partial charge in [-0.3, -0.25) is 14.4 Å². The van der Waals surface area contributed by atoms with Gasteiger partial charge in [0.1, 0.15) is 18.3 Å². The van der Waals surface area contributed by atoms with E-state index in [9.17, 15) is 34.5 Å². The zero-order valence-electron chi connectivity index (χ0n) is 25.5. The van der Waals surface area contributed by atoms with E-state index in [4.69, 9.17) is 18.9 Å². The summed E-state index contributed by atoms with van der Waals surface area (Å²) in [6.07, 6.45) is -4.80. The first-order chi connectivity index (χ1) is 20.1. The fourth-order valence-corrected chi connectivity index (χ4v) is 7.25. The highest BCUT2D eigenvalue weighted by Gasteiger charge is 2.69. The molecule has 4 rings (SSSR count). The fraction of sp³-hybridized carbons (Fsp3) is 0.625. The molecule has 11 nitrogen and oxygen atoms in total. The summed E-state index contributed by atoms with van der Waals surface area (Å²) in [5.74, 6) is -4.78. The van der Waals surface area contributed by atoms with Gasteiger partial charge in [-0.25, -0.2) is 4.79 Å². The molecule has 2 saturated carbocycles. The quantitative estimate of drug-likeness (QED) is 0.238. The number of hydrogen-bond donors (Lipinski definition) is 3. The molecule has 236 valence electrons. The second-order valence-corrected chi connectivity index (χ2v) is 12.7. The molecule has 8 atom stereocenters. The van der Waals surface area contributed by atoms with E-state index >= 15 is 0 Å². The van der Waals surface area contributed by atoms with Gasteiger partial charge in [-0.05, 0) is 31.1 Å². The van der Waals surface area contributed by atoms with Crippen molar-refractivity contribution in [3.05, 3.63) is 47.2 Å². The summed E-state index contributed by atoms with van der Waals surface area (Å²) in [7, 11) is 0. The molecular weight excluding hydrogens is 560 g/mol. The number of Topliss-reactive ketones (excluding diaryl/α,β-unsaturated/α-hetero) is 1. The summed E-state index contributed by atoms with van der Waals surface area (Å²) in [5.41, 5.74) is -4.59. The van der Waals surface area contributed by atoms with E-state index in [0.29, 0.717) is 0 Å². The monoisotopic (exact) mass is 602 g/mol. The second kappa shape index (κ2) is 12.1. The van der Waals surface area contributed by atoms with Gasteiger partial charge in [-0.2, -0.15) is 0 Å². The van der Waals surface area contributed by atoms with E-state index < -0.39 is 76.4 Å². The van der Waals surface area contributed by atoms with Crippen LogP contribution in [0.5, 0.6) is 0 Å². The maximum absolute atomic E-state index is 14.6. The molecule has 8 unspecified atom stereocenters. The van der Waals surface area contributed by atoms with Crippen LogP contribution in [0, 0.1) is 22.7 Å². The highest BCUT2D eigenvalue weighted by molar-refractivity contribution is 6.01. The molecule has 11 heteroatoms. The topological polar surface area (TPSA) is 166 Å². The van der Waals surface area contributed by atoms with Gasteiger partial charge < -0.3 is 34.3 Å². The highest BCUT2D eigenvalue weighted by atomic mass is 16.6. The Morgan fingerprint density at radius 2 is 1.63 bits per heavy atom. The van der Waals surface area contributed by atoms with E-state index in [1.807, 2.05) is 0 Å². The zero-order chi connectivity index (χ0) is 31.9. The number of aliphatic hydroxyl groups is 3. The van der Waals surface area contributed by atoms with Crippen LogP contribution in [0.4, 0.5) is 0 Å². The van der Waals surface area contributed by atoms with Gasteiger partial charge in [0.25, 0.3) is 0 Å². The maximum atomic E-state index is 14.6. The first-order valence-corrected chi connectivity index (χ1v) is 14.6. The van der Waals surface area contributed by atoms with Crippen molar-refractivity contribution in [2.45, 2.75) is 90.8 Å². The van der Waals surface area contributed by atoms with E-state index in [2.05, 4.69) is 0 Å². The number of aliphatic hydroxyl groups excluding tert-OH is 2. The fourth-order valence-electron chi connectivity index (χ4n) is 7.25. The van der Waals surface area contributed by atoms with E-state index in [0.717, 1.165) is 6.92 Å². The third kappa shape index (κ3) is 5.75. The van der Waals surface area contributed by atoms with E-state index in [-0.39, 0.29) is 49.4 Å². The molecule has 1 aromatic rings. The number of ketones is 1. The smallest absolute Gasteiger partial charge is 0.338 e. The lowest BCUT2D eigenvalue weighted by Crippen LogP contribution is -2.70. The van der Waals surface area contributed by atoms with Crippen molar-refractivity contribution in [1.29, 1.82) is 0 Å². The van der Waals surface area contributed by atoms with Crippen LogP contribution in [0.15, 0.2) is 41.7 Å². The van der Waals surface area contributed by atoms with Gasteiger partial charge in [0, 0.05) is 43.9 Å². The van der Waals surface area contributed by atoms with Gasteiger partial charge in [0.05, 0.1) is 35.9 Å². The van der Waals surface area contributed by atoms with Crippen LogP contribution in [0.2, 0.25) is 0 Å². The predicted octanol–water partition coefficient (Wildman–Crippen LogP) is 2.50. The molecule has 3 aliphatic carbocycles. The normalized spacial score (nSPS) is 36.9. The Hall–Kier alpha value is -3.12. The van der Waals surface area contributed by atoms with Crippen molar-refractivity contribution in [2.75, 3.05) is 13.2 Å². The molecule has 0 saturated heterocycles. The molecule has 0 spiro atoms. The Morgan fingerprint density at radius 1 is 0.977 bits per heavy atom. The van der Waals surface area contributed by atoms with Gasteiger partial charge in [0.2, 0.25) is 5.78 Å². The third-order valence-electron chi connectivity index (χ3n) is 9.78. The van der Waals surface area contributed by atoms with Crippen LogP contribution in [-0.2, 0) is 33.3 Å². The summed E-state index contributed by atoms with van der Waals surface area (Å²) in [6.45, 7) is 8.93. The number of esters is 3. The molecule has 0 heterocycles. The van der Waals surface area contributed by atoms with Gasteiger partial charge >= 0.3 is 17.9 Å². The van der Waals surface area contributed by atoms with Crippen LogP contribution in [0.3, 0.4) is 0 Å². The van der Waals surface area contributed by atoms with E-state index in [1.165, 1.54) is 13.8 Å². The Kier molecular flexibility index (Phi) is 9.23. The number of fused-ring (bicyclic) bond motifs is 3. The summed E-state index contributed by atoms with van der Waals surface area (Å²) >= 11 is 0. The van der Waals surface area contributed by atoms with Crippen LogP contribution in [-0.4, -0.2) is 82.2 Å². The van der Waals surface area contributed by atoms with Crippen LogP contribution in [0.1, 0.15) is 71.2 Å². The van der Waals surface area contributed by atoms with Crippen molar-refractivity contribution in [2.24, 2.45) is 22.7 Å². The zero-order valence-corrected chi connectivity index (χ0v) is 25.5. The summed E-state index contributed by atoms with van der Waals surface area (Å²) in [4.78, 5) is 51.7. The number of ether oxygens (including phenoxy) is 4. The largest absolute Gasteiger partial charge is 0.463 e. The lowest BCUT2D eigenvalue weighted by molar-refractivity contribution is -0.230. The molecule has 2 fully saturated rings. The van der Waals surface area contributed by atoms with E-state index in [1.54, 1.807) is 51.1 Å². The number of hydrogen-bond acceptors (Lipinski definition) is 11. The third-order valence-corrected chi connectivity index (χ3v) is 9.78. The minimum Gasteiger partial charge on any atom is -0.463 e. The number of carbonyl (C=O) groups is 4. The molecular formula is C32H42O11. The molecule has 0 radical (unpaired) electrons. The Labute approximate surface area is 251 Å². The average Bonchev–Trinajstić information content (AvgIpc) is 2.93. The molecule has 0 aromatic heterocycles. The van der Waals surface area contributed by atoms with Crippen LogP contribution in [0.25, 0.3) is 0 Å². The second-order valence-electron chi connectivity index (χ2n) is 12.7. The number of rotatable bonds is 7. The minimum absolute atomic E-state index is 0.000841. The lowest BCUT2D eigenvalue weighted by Gasteiger charge is -2.61. The van der Waals surface area contributed by atoms with Crippen LogP contribution < -0.4 is 0 Å². The molecule has 0 aliphatic heterocycles. The Bertz CT molecular complexity index is 1290. The van der Waals surface area contributed by atoms with Gasteiger partial charge in [0.15, 0.2) is 5.76 Å². The minimum atomic E-state index is -1.98. The first kappa shape index (κ1) is 32.8. The SMILES string of the molecule is CC(=O)OCCOC1CC(O)C2(C)C(=O)/C(OC(C)=O)=C3/C(C)C(O)CC(O)(C(OC(=O)c4ccccc4)C2C1)C3(C)C. The summed E-state index contributed by atoms with van der Waals surface area (Å²) < 4.78 is 22.6. The van der Waals surface area contributed by atoms with Gasteiger partial charge in [-0.1, -0.05) is 39.0 Å². The Balaban J connectivity index is 1.91. The van der Waals surface area contributed by atoms with Crippen molar-refractivity contribution in [3.63, 3.8) is 0 Å². The molecule has 2 bridgehead atoms. The lowest BCUT2D eigenvalue weighted by atomic mass is 9.48. The van der Waals surface area contributed by atoms with Crippen molar-refractivity contribution < 1.29 is 53.4 Å². The van der Waals surface area contributed by atoms with Crippen molar-refractivity contribution in [1.82, 2.24) is 0 Å². The molecule has 0 amide bonds. The molecule has 3 aliphatic rings. The molecule has 43 heavy (non-hydrogen) atoms. The molecule has 3 N–H and O–H groups in total. The predicted molar refractivity (Wildman–Crippen MR) is 151 cm³/mol. The summed E-state index contributed by atoms with van der Waals surface area (Å²) in [6, 6.07) is 8.18. The highest BCUT2D eigenvalue weighted by Crippen LogP contribution is 2.60. The standard InChI is InChI=1S/C32H42O11/c1-17-23(35)16-32(39)28(43-29(38)20-10-8-7-9-11-20)22-14-21(41-13-12-40-18(2)33)15-24(36)31(22,6)27(37)26(42-19(3)34)25(17)30(32,4)5/h7-11,17,21-24,28,35-36,39H,12-16H2,1-6H3/b26-25+. The van der Waals surface area contributed by atoms with Crippen molar-refractivity contribution in [3.8, 4) is 0 Å². The number of carbonyl (C=O) groups excluding carboxylic acids is 4. The Morgan fingerprint density at radius 3 is 2.23 bits per heavy atom. The van der Waals surface area contributed by atoms with Gasteiger partial charge in [-0.15, -0.1) is 0 Å². The first-order valence-electron chi connectivity index (χ1n) is 14.6. The number of benzene rings is 1. The maximum Gasteiger partial charge on any atom is 0.338 e. The van der Waals surface area contributed by atoms with Crippen LogP contribution >= 0.6 is 0 Å². The summed E-state index contributed by atoms with van der Waals surface area (Å²) in [5, 5.41) is 35.6. The number of allylic oxidation sites excluding steroid dienone is 1.